The normalized spacial score (nSPS) is 10.1. The smallest absolute Gasteiger partial charge is 0.140 e. The molecule has 0 unspecified atom stereocenters. The quantitative estimate of drug-likeness (QED) is 0.730. The van der Waals surface area contributed by atoms with Gasteiger partial charge in [0.25, 0.3) is 0 Å². The van der Waals surface area contributed by atoms with Gasteiger partial charge in [-0.05, 0) is 42.7 Å². The van der Waals surface area contributed by atoms with Gasteiger partial charge in [-0.3, -0.25) is 0 Å². The Morgan fingerprint density at radius 2 is 1.69 bits per heavy atom. The van der Waals surface area contributed by atoms with Gasteiger partial charge in [-0.1, -0.05) is 12.1 Å². The molecule has 2 rings (SSSR count). The van der Waals surface area contributed by atoms with Gasteiger partial charge >= 0.3 is 0 Å². The van der Waals surface area contributed by atoms with Gasteiger partial charge < -0.3 is 4.74 Å². The summed E-state index contributed by atoms with van der Waals surface area (Å²) < 4.78 is 18.4. The molecule has 16 heavy (non-hydrogen) atoms. The third kappa shape index (κ3) is 2.55. The highest BCUT2D eigenvalue weighted by atomic mass is 32.2. The fraction of sp³-hybridized carbons (Fsp3) is 0.0769. The van der Waals surface area contributed by atoms with Crippen LogP contribution in [0.2, 0.25) is 0 Å². The van der Waals surface area contributed by atoms with Crippen LogP contribution < -0.4 is 4.74 Å². The van der Waals surface area contributed by atoms with Crippen molar-refractivity contribution in [2.75, 3.05) is 6.26 Å². The van der Waals surface area contributed by atoms with Crippen molar-refractivity contribution in [3.05, 3.63) is 54.3 Å². The van der Waals surface area contributed by atoms with E-state index in [1.807, 2.05) is 30.5 Å². The van der Waals surface area contributed by atoms with E-state index in [2.05, 4.69) is 0 Å². The van der Waals surface area contributed by atoms with Gasteiger partial charge in [0.1, 0.15) is 17.3 Å². The van der Waals surface area contributed by atoms with Crippen molar-refractivity contribution in [1.82, 2.24) is 0 Å². The van der Waals surface area contributed by atoms with E-state index in [-0.39, 0.29) is 5.82 Å². The van der Waals surface area contributed by atoms with E-state index in [0.29, 0.717) is 5.75 Å². The monoisotopic (exact) mass is 234 g/mol. The summed E-state index contributed by atoms with van der Waals surface area (Å²) in [6.45, 7) is 0. The highest BCUT2D eigenvalue weighted by molar-refractivity contribution is 7.98. The van der Waals surface area contributed by atoms with Gasteiger partial charge in [-0.2, -0.15) is 0 Å². The summed E-state index contributed by atoms with van der Waals surface area (Å²) in [6.07, 6.45) is 1.99. The molecule has 0 bridgehead atoms. The first-order chi connectivity index (χ1) is 7.79. The Balaban J connectivity index is 2.23. The van der Waals surface area contributed by atoms with E-state index >= 15 is 0 Å². The maximum Gasteiger partial charge on any atom is 0.140 e. The molecule has 0 radical (unpaired) electrons. The van der Waals surface area contributed by atoms with Crippen LogP contribution in [0.4, 0.5) is 4.39 Å². The SMILES string of the molecule is CSc1ccccc1Oc1ccc(F)cc1. The molecule has 3 heteroatoms. The number of benzene rings is 2. The number of ether oxygens (including phenoxy) is 1. The molecule has 0 saturated heterocycles. The minimum Gasteiger partial charge on any atom is -0.456 e. The lowest BCUT2D eigenvalue weighted by atomic mass is 10.3. The minimum absolute atomic E-state index is 0.259. The van der Waals surface area contributed by atoms with Crippen LogP contribution in [-0.4, -0.2) is 6.26 Å². The second-order valence-electron chi connectivity index (χ2n) is 3.21. The average molecular weight is 234 g/mol. The topological polar surface area (TPSA) is 9.23 Å². The van der Waals surface area contributed by atoms with Crippen LogP contribution in [0.5, 0.6) is 11.5 Å². The number of thioether (sulfide) groups is 1. The zero-order chi connectivity index (χ0) is 11.4. The van der Waals surface area contributed by atoms with E-state index in [9.17, 15) is 4.39 Å². The van der Waals surface area contributed by atoms with Crippen molar-refractivity contribution in [3.8, 4) is 11.5 Å². The maximum absolute atomic E-state index is 12.7. The number of halogens is 1. The van der Waals surface area contributed by atoms with Crippen LogP contribution in [0, 0.1) is 5.82 Å². The van der Waals surface area contributed by atoms with Crippen LogP contribution in [0.25, 0.3) is 0 Å². The van der Waals surface area contributed by atoms with Crippen molar-refractivity contribution >= 4 is 11.8 Å². The molecule has 0 aliphatic carbocycles. The molecule has 0 spiro atoms. The molecule has 0 aliphatic heterocycles. The summed E-state index contributed by atoms with van der Waals surface area (Å²) in [5, 5.41) is 0. The lowest BCUT2D eigenvalue weighted by Gasteiger charge is -2.08. The summed E-state index contributed by atoms with van der Waals surface area (Å²) in [4.78, 5) is 1.06. The van der Waals surface area contributed by atoms with Crippen molar-refractivity contribution in [1.29, 1.82) is 0 Å². The Kier molecular flexibility index (Phi) is 3.47. The zero-order valence-electron chi connectivity index (χ0n) is 8.81. The van der Waals surface area contributed by atoms with Gasteiger partial charge in [0.2, 0.25) is 0 Å². The number of hydrogen-bond donors (Lipinski definition) is 0. The number of para-hydroxylation sites is 1. The molecular weight excluding hydrogens is 223 g/mol. The highest BCUT2D eigenvalue weighted by Gasteiger charge is 2.02. The zero-order valence-corrected chi connectivity index (χ0v) is 9.63. The molecular formula is C13H11FOS. The first-order valence-corrected chi connectivity index (χ1v) is 6.08. The molecule has 1 nitrogen and oxygen atoms in total. The second-order valence-corrected chi connectivity index (χ2v) is 4.05. The highest BCUT2D eigenvalue weighted by Crippen LogP contribution is 2.30. The summed E-state index contributed by atoms with van der Waals surface area (Å²) >= 11 is 1.62. The Bertz CT molecular complexity index is 468. The number of hydrogen-bond acceptors (Lipinski definition) is 2. The van der Waals surface area contributed by atoms with Crippen molar-refractivity contribution in [3.63, 3.8) is 0 Å². The molecule has 0 aromatic heterocycles. The third-order valence-electron chi connectivity index (χ3n) is 2.11. The molecule has 0 saturated carbocycles. The molecule has 0 atom stereocenters. The van der Waals surface area contributed by atoms with E-state index < -0.39 is 0 Å². The van der Waals surface area contributed by atoms with Crippen LogP contribution in [-0.2, 0) is 0 Å². The van der Waals surface area contributed by atoms with Crippen LogP contribution in [0.1, 0.15) is 0 Å². The predicted molar refractivity (Wildman–Crippen MR) is 64.7 cm³/mol. The summed E-state index contributed by atoms with van der Waals surface area (Å²) in [7, 11) is 0. The molecule has 2 aromatic carbocycles. The Morgan fingerprint density at radius 1 is 1.00 bits per heavy atom. The maximum atomic E-state index is 12.7. The van der Waals surface area contributed by atoms with Crippen LogP contribution in [0.3, 0.4) is 0 Å². The van der Waals surface area contributed by atoms with E-state index in [4.69, 9.17) is 4.74 Å². The predicted octanol–water partition coefficient (Wildman–Crippen LogP) is 4.34. The lowest BCUT2D eigenvalue weighted by molar-refractivity contribution is 0.469. The Morgan fingerprint density at radius 3 is 2.38 bits per heavy atom. The fourth-order valence-corrected chi connectivity index (χ4v) is 1.86. The Hall–Kier alpha value is -1.48. The summed E-state index contributed by atoms with van der Waals surface area (Å²) in [6, 6.07) is 13.8. The molecule has 0 fully saturated rings. The van der Waals surface area contributed by atoms with E-state index in [0.717, 1.165) is 10.6 Å². The van der Waals surface area contributed by atoms with Crippen LogP contribution >= 0.6 is 11.8 Å². The molecule has 0 amide bonds. The summed E-state index contributed by atoms with van der Waals surface area (Å²) in [5.74, 6) is 1.18. The third-order valence-corrected chi connectivity index (χ3v) is 2.89. The van der Waals surface area contributed by atoms with Crippen LogP contribution in [0.15, 0.2) is 53.4 Å². The van der Waals surface area contributed by atoms with Gasteiger partial charge in [0.15, 0.2) is 0 Å². The summed E-state index contributed by atoms with van der Waals surface area (Å²) in [5.41, 5.74) is 0. The van der Waals surface area contributed by atoms with Gasteiger partial charge in [-0.25, -0.2) is 4.39 Å². The van der Waals surface area contributed by atoms with Gasteiger partial charge in [0.05, 0.1) is 0 Å². The lowest BCUT2D eigenvalue weighted by Crippen LogP contribution is -1.86. The average Bonchev–Trinajstić information content (AvgIpc) is 2.33. The van der Waals surface area contributed by atoms with Crippen molar-refractivity contribution in [2.24, 2.45) is 0 Å². The fourth-order valence-electron chi connectivity index (χ4n) is 1.33. The largest absolute Gasteiger partial charge is 0.456 e. The van der Waals surface area contributed by atoms with Gasteiger partial charge in [-0.15, -0.1) is 11.8 Å². The van der Waals surface area contributed by atoms with E-state index in [1.54, 1.807) is 23.9 Å². The first-order valence-electron chi connectivity index (χ1n) is 4.86. The first kappa shape index (κ1) is 11.0. The second kappa shape index (κ2) is 5.03. The molecule has 2 aromatic rings. The number of rotatable bonds is 3. The van der Waals surface area contributed by atoms with Gasteiger partial charge in [0, 0.05) is 4.90 Å². The molecule has 0 N–H and O–H groups in total. The standard InChI is InChI=1S/C13H11FOS/c1-16-13-5-3-2-4-12(13)15-11-8-6-10(14)7-9-11/h2-9H,1H3. The molecule has 0 aliphatic rings. The molecule has 0 heterocycles. The van der Waals surface area contributed by atoms with Crippen molar-refractivity contribution < 1.29 is 9.13 Å². The molecule has 82 valence electrons. The van der Waals surface area contributed by atoms with Crippen molar-refractivity contribution in [2.45, 2.75) is 4.90 Å². The van der Waals surface area contributed by atoms with E-state index in [1.165, 1.54) is 12.1 Å². The minimum atomic E-state index is -0.259. The Labute approximate surface area is 98.3 Å².